The molecule has 3 rings (SSSR count). The van der Waals surface area contributed by atoms with Crippen molar-refractivity contribution in [3.05, 3.63) is 51.6 Å². The Labute approximate surface area is 129 Å². The molecule has 5 heteroatoms. The van der Waals surface area contributed by atoms with Crippen LogP contribution in [0.4, 0.5) is 0 Å². The van der Waals surface area contributed by atoms with Crippen molar-refractivity contribution < 1.29 is 9.90 Å². The van der Waals surface area contributed by atoms with Crippen molar-refractivity contribution in [3.63, 3.8) is 0 Å². The number of aromatic nitrogens is 2. The predicted molar refractivity (Wildman–Crippen MR) is 85.8 cm³/mol. The van der Waals surface area contributed by atoms with Crippen molar-refractivity contribution in [2.24, 2.45) is 7.05 Å². The molecule has 1 N–H and O–H groups in total. The Bertz CT molecular complexity index is 824. The summed E-state index contributed by atoms with van der Waals surface area (Å²) in [6.45, 7) is 0. The summed E-state index contributed by atoms with van der Waals surface area (Å²) in [7, 11) is 1.94. The topological polar surface area (TPSA) is 55.1 Å². The molecule has 0 unspecified atom stereocenters. The molecule has 0 bridgehead atoms. The molecule has 0 spiro atoms. The number of carbonyl (C=O) groups is 1. The summed E-state index contributed by atoms with van der Waals surface area (Å²) >= 11 is 2.26. The number of aryl methyl sites for hydroxylation is 1. The number of fused-ring (bicyclic) bond motifs is 1. The molecule has 4 nitrogen and oxygen atoms in total. The third-order valence-corrected chi connectivity index (χ3v) is 3.88. The smallest absolute Gasteiger partial charge is 0.335 e. The van der Waals surface area contributed by atoms with Gasteiger partial charge in [-0.05, 0) is 52.9 Å². The monoisotopic (exact) mass is 378 g/mol. The first-order chi connectivity index (χ1) is 9.56. The van der Waals surface area contributed by atoms with Gasteiger partial charge in [0.25, 0.3) is 0 Å². The zero-order valence-corrected chi connectivity index (χ0v) is 12.8. The molecule has 0 saturated carbocycles. The molecule has 0 saturated heterocycles. The summed E-state index contributed by atoms with van der Waals surface area (Å²) in [5.74, 6) is -0.102. The second kappa shape index (κ2) is 4.90. The van der Waals surface area contributed by atoms with E-state index in [0.717, 1.165) is 20.5 Å². The van der Waals surface area contributed by atoms with Crippen LogP contribution in [0.1, 0.15) is 10.4 Å². The van der Waals surface area contributed by atoms with Gasteiger partial charge in [-0.3, -0.25) is 0 Å². The third kappa shape index (κ3) is 2.18. The molecule has 0 fully saturated rings. The maximum Gasteiger partial charge on any atom is 0.335 e. The molecule has 0 aliphatic carbocycles. The lowest BCUT2D eigenvalue weighted by Gasteiger charge is -2.02. The van der Waals surface area contributed by atoms with Crippen LogP contribution >= 0.6 is 22.6 Å². The van der Waals surface area contributed by atoms with E-state index in [0.29, 0.717) is 5.52 Å². The Morgan fingerprint density at radius 2 is 2.05 bits per heavy atom. The number of carboxylic acids is 1. The fourth-order valence-corrected chi connectivity index (χ4v) is 2.76. The van der Waals surface area contributed by atoms with Crippen LogP contribution in [0.5, 0.6) is 0 Å². The summed E-state index contributed by atoms with van der Waals surface area (Å²) in [4.78, 5) is 15.6. The molecule has 0 amide bonds. The van der Waals surface area contributed by atoms with Crippen molar-refractivity contribution in [1.82, 2.24) is 9.55 Å². The largest absolute Gasteiger partial charge is 0.478 e. The number of hydrogen-bond donors (Lipinski definition) is 1. The van der Waals surface area contributed by atoms with Crippen molar-refractivity contribution >= 4 is 39.6 Å². The maximum absolute atomic E-state index is 11.0. The van der Waals surface area contributed by atoms with Gasteiger partial charge < -0.3 is 9.67 Å². The molecule has 3 aromatic rings. The molecule has 0 atom stereocenters. The van der Waals surface area contributed by atoms with Gasteiger partial charge in [0.15, 0.2) is 0 Å². The molecular formula is C15H11IN2O2. The highest BCUT2D eigenvalue weighted by Gasteiger charge is 2.12. The van der Waals surface area contributed by atoms with Crippen molar-refractivity contribution in [2.45, 2.75) is 0 Å². The summed E-state index contributed by atoms with van der Waals surface area (Å²) in [6, 6.07) is 13.1. The Morgan fingerprint density at radius 1 is 1.25 bits per heavy atom. The minimum atomic E-state index is -0.937. The number of hydrogen-bond acceptors (Lipinski definition) is 2. The van der Waals surface area contributed by atoms with Crippen LogP contribution in [-0.4, -0.2) is 20.6 Å². The maximum atomic E-state index is 11.0. The van der Waals surface area contributed by atoms with Crippen LogP contribution in [0.3, 0.4) is 0 Å². The fraction of sp³-hybridized carbons (Fsp3) is 0.0667. The highest BCUT2D eigenvalue weighted by molar-refractivity contribution is 14.1. The van der Waals surface area contributed by atoms with E-state index in [1.165, 1.54) is 0 Å². The van der Waals surface area contributed by atoms with E-state index < -0.39 is 5.97 Å². The lowest BCUT2D eigenvalue weighted by atomic mass is 10.2. The average Bonchev–Trinajstić information content (AvgIpc) is 2.75. The van der Waals surface area contributed by atoms with E-state index in [2.05, 4.69) is 33.6 Å². The molecule has 0 aliphatic heterocycles. The average molecular weight is 378 g/mol. The number of rotatable bonds is 2. The SMILES string of the molecule is Cn1c(-c2cccc(I)c2)nc2cc(C(=O)O)ccc21. The van der Waals surface area contributed by atoms with Gasteiger partial charge in [0.2, 0.25) is 0 Å². The summed E-state index contributed by atoms with van der Waals surface area (Å²) in [6.07, 6.45) is 0. The quantitative estimate of drug-likeness (QED) is 0.694. The Hall–Kier alpha value is -1.89. The normalized spacial score (nSPS) is 10.9. The number of imidazole rings is 1. The van der Waals surface area contributed by atoms with Crippen LogP contribution in [0.2, 0.25) is 0 Å². The van der Waals surface area contributed by atoms with Gasteiger partial charge in [0.05, 0.1) is 16.6 Å². The highest BCUT2D eigenvalue weighted by atomic mass is 127. The van der Waals surface area contributed by atoms with Crippen LogP contribution < -0.4 is 0 Å². The van der Waals surface area contributed by atoms with Crippen LogP contribution in [0, 0.1) is 3.57 Å². The first-order valence-electron chi connectivity index (χ1n) is 6.02. The van der Waals surface area contributed by atoms with Crippen molar-refractivity contribution in [2.75, 3.05) is 0 Å². The number of carboxylic acid groups (broad SMARTS) is 1. The van der Waals surface area contributed by atoms with Crippen LogP contribution in [0.25, 0.3) is 22.4 Å². The second-order valence-corrected chi connectivity index (χ2v) is 5.76. The number of halogens is 1. The van der Waals surface area contributed by atoms with E-state index in [9.17, 15) is 4.79 Å². The molecule has 20 heavy (non-hydrogen) atoms. The van der Waals surface area contributed by atoms with Gasteiger partial charge in [-0.1, -0.05) is 12.1 Å². The van der Waals surface area contributed by atoms with Gasteiger partial charge >= 0.3 is 5.97 Å². The van der Waals surface area contributed by atoms with E-state index in [-0.39, 0.29) is 5.56 Å². The van der Waals surface area contributed by atoms with E-state index in [1.54, 1.807) is 18.2 Å². The zero-order valence-electron chi connectivity index (χ0n) is 10.7. The highest BCUT2D eigenvalue weighted by Crippen LogP contribution is 2.25. The molecular weight excluding hydrogens is 367 g/mol. The molecule has 1 aromatic heterocycles. The van der Waals surface area contributed by atoms with Crippen molar-refractivity contribution in [1.29, 1.82) is 0 Å². The fourth-order valence-electron chi connectivity index (χ4n) is 2.22. The van der Waals surface area contributed by atoms with E-state index >= 15 is 0 Å². The summed E-state index contributed by atoms with van der Waals surface area (Å²) in [5.41, 5.74) is 2.89. The Kier molecular flexibility index (Phi) is 3.21. The standard InChI is InChI=1S/C15H11IN2O2/c1-18-13-6-5-10(15(19)20)8-12(13)17-14(18)9-3-2-4-11(16)7-9/h2-8H,1H3,(H,19,20). The van der Waals surface area contributed by atoms with Gasteiger partial charge in [0.1, 0.15) is 5.82 Å². The molecule has 0 aliphatic rings. The molecule has 1 heterocycles. The van der Waals surface area contributed by atoms with Crippen molar-refractivity contribution in [3.8, 4) is 11.4 Å². The van der Waals surface area contributed by atoms with E-state index in [1.807, 2.05) is 29.8 Å². The number of benzene rings is 2. The Morgan fingerprint density at radius 3 is 2.75 bits per heavy atom. The van der Waals surface area contributed by atoms with Gasteiger partial charge in [0, 0.05) is 16.2 Å². The predicted octanol–water partition coefficient (Wildman–Crippen LogP) is 3.54. The molecule has 2 aromatic carbocycles. The molecule has 100 valence electrons. The van der Waals surface area contributed by atoms with E-state index in [4.69, 9.17) is 5.11 Å². The zero-order chi connectivity index (χ0) is 14.3. The Balaban J connectivity index is 2.22. The minimum absolute atomic E-state index is 0.254. The lowest BCUT2D eigenvalue weighted by Crippen LogP contribution is -1.95. The second-order valence-electron chi connectivity index (χ2n) is 4.51. The summed E-state index contributed by atoms with van der Waals surface area (Å²) in [5, 5.41) is 9.04. The van der Waals surface area contributed by atoms with Gasteiger partial charge in [-0.2, -0.15) is 0 Å². The lowest BCUT2D eigenvalue weighted by molar-refractivity contribution is 0.0697. The van der Waals surface area contributed by atoms with Crippen LogP contribution in [-0.2, 0) is 7.05 Å². The first kappa shape index (κ1) is 13.1. The number of nitrogens with zero attached hydrogens (tertiary/aromatic N) is 2. The minimum Gasteiger partial charge on any atom is -0.478 e. The van der Waals surface area contributed by atoms with Gasteiger partial charge in [-0.15, -0.1) is 0 Å². The van der Waals surface area contributed by atoms with Gasteiger partial charge in [-0.25, -0.2) is 9.78 Å². The van der Waals surface area contributed by atoms with Crippen LogP contribution in [0.15, 0.2) is 42.5 Å². The number of aromatic carboxylic acids is 1. The summed E-state index contributed by atoms with van der Waals surface area (Å²) < 4.78 is 3.12. The molecule has 0 radical (unpaired) electrons. The third-order valence-electron chi connectivity index (χ3n) is 3.21. The first-order valence-corrected chi connectivity index (χ1v) is 7.10.